The highest BCUT2D eigenvalue weighted by atomic mass is 16.6. The van der Waals surface area contributed by atoms with E-state index < -0.39 is 4.92 Å². The SMILES string of the molecule is CCC(C)(C)Nc1ccnc2c([N+](=O)[O-])cccc12. The predicted molar refractivity (Wildman–Crippen MR) is 76.4 cm³/mol. The fourth-order valence-electron chi connectivity index (χ4n) is 1.87. The third-order valence-electron chi connectivity index (χ3n) is 3.30. The second-order valence-corrected chi connectivity index (χ2v) is 5.15. The summed E-state index contributed by atoms with van der Waals surface area (Å²) in [4.78, 5) is 14.8. The number of nitrogens with one attached hydrogen (secondary N) is 1. The molecule has 0 atom stereocenters. The fourth-order valence-corrected chi connectivity index (χ4v) is 1.87. The van der Waals surface area contributed by atoms with Gasteiger partial charge in [0, 0.05) is 28.9 Å². The van der Waals surface area contributed by atoms with E-state index in [1.807, 2.05) is 12.1 Å². The second-order valence-electron chi connectivity index (χ2n) is 5.15. The smallest absolute Gasteiger partial charge is 0.295 e. The summed E-state index contributed by atoms with van der Waals surface area (Å²) in [5, 5.41) is 15.2. The van der Waals surface area contributed by atoms with Crippen LogP contribution in [0.5, 0.6) is 0 Å². The standard InChI is InChI=1S/C14H17N3O2/c1-4-14(2,3)16-11-8-9-15-13-10(11)6-5-7-12(13)17(18)19/h5-9H,4H2,1-3H3,(H,15,16). The summed E-state index contributed by atoms with van der Waals surface area (Å²) < 4.78 is 0. The normalized spacial score (nSPS) is 11.5. The Morgan fingerprint density at radius 2 is 2.11 bits per heavy atom. The van der Waals surface area contributed by atoms with Crippen LogP contribution in [0.1, 0.15) is 27.2 Å². The molecule has 2 rings (SSSR count). The Kier molecular flexibility index (Phi) is 3.38. The first kappa shape index (κ1) is 13.3. The molecule has 0 aliphatic carbocycles. The fraction of sp³-hybridized carbons (Fsp3) is 0.357. The lowest BCUT2D eigenvalue weighted by atomic mass is 10.0. The maximum atomic E-state index is 11.0. The first-order chi connectivity index (χ1) is 8.94. The zero-order valence-corrected chi connectivity index (χ0v) is 11.3. The van der Waals surface area contributed by atoms with Crippen molar-refractivity contribution in [3.63, 3.8) is 0 Å². The minimum atomic E-state index is -0.399. The van der Waals surface area contributed by atoms with E-state index in [4.69, 9.17) is 0 Å². The number of nitro benzene ring substituents is 1. The first-order valence-electron chi connectivity index (χ1n) is 6.25. The van der Waals surface area contributed by atoms with Crippen molar-refractivity contribution in [1.82, 2.24) is 4.98 Å². The zero-order chi connectivity index (χ0) is 14.0. The van der Waals surface area contributed by atoms with E-state index in [0.29, 0.717) is 5.52 Å². The first-order valence-corrected chi connectivity index (χ1v) is 6.25. The molecule has 0 bridgehead atoms. The molecule has 0 aliphatic rings. The van der Waals surface area contributed by atoms with E-state index in [9.17, 15) is 10.1 Å². The van der Waals surface area contributed by atoms with Crippen LogP contribution in [0.15, 0.2) is 30.5 Å². The highest BCUT2D eigenvalue weighted by molar-refractivity contribution is 5.96. The van der Waals surface area contributed by atoms with Crippen LogP contribution in [-0.2, 0) is 0 Å². The number of rotatable bonds is 4. The van der Waals surface area contributed by atoms with Crippen LogP contribution in [0.25, 0.3) is 10.9 Å². The van der Waals surface area contributed by atoms with E-state index in [-0.39, 0.29) is 11.2 Å². The van der Waals surface area contributed by atoms with Gasteiger partial charge in [-0.15, -0.1) is 0 Å². The molecule has 0 saturated carbocycles. The van der Waals surface area contributed by atoms with Gasteiger partial charge in [0.1, 0.15) is 5.52 Å². The number of fused-ring (bicyclic) bond motifs is 1. The molecule has 0 radical (unpaired) electrons. The maximum Gasteiger partial charge on any atom is 0.295 e. The van der Waals surface area contributed by atoms with Gasteiger partial charge in [-0.05, 0) is 26.3 Å². The number of benzene rings is 1. The third-order valence-corrected chi connectivity index (χ3v) is 3.30. The molecule has 1 aromatic heterocycles. The van der Waals surface area contributed by atoms with Gasteiger partial charge in [-0.3, -0.25) is 10.1 Å². The van der Waals surface area contributed by atoms with E-state index in [2.05, 4.69) is 31.1 Å². The van der Waals surface area contributed by atoms with Gasteiger partial charge < -0.3 is 5.32 Å². The Labute approximate surface area is 111 Å². The summed E-state index contributed by atoms with van der Waals surface area (Å²) in [6, 6.07) is 6.86. The molecule has 1 aromatic carbocycles. The molecule has 0 fully saturated rings. The molecule has 0 spiro atoms. The summed E-state index contributed by atoms with van der Waals surface area (Å²) in [6.07, 6.45) is 2.55. The molecule has 19 heavy (non-hydrogen) atoms. The molecule has 2 aromatic rings. The third kappa shape index (κ3) is 2.65. The number of para-hydroxylation sites is 1. The second kappa shape index (κ2) is 4.84. The molecule has 100 valence electrons. The Hall–Kier alpha value is -2.17. The monoisotopic (exact) mass is 259 g/mol. The van der Waals surface area contributed by atoms with E-state index in [0.717, 1.165) is 17.5 Å². The lowest BCUT2D eigenvalue weighted by molar-refractivity contribution is -0.383. The number of anilines is 1. The minimum absolute atomic E-state index is 0.0375. The topological polar surface area (TPSA) is 68.1 Å². The highest BCUT2D eigenvalue weighted by Crippen LogP contribution is 2.30. The van der Waals surface area contributed by atoms with Crippen molar-refractivity contribution in [3.8, 4) is 0 Å². The van der Waals surface area contributed by atoms with E-state index >= 15 is 0 Å². The number of nitro groups is 1. The Morgan fingerprint density at radius 3 is 2.74 bits per heavy atom. The molecule has 1 heterocycles. The van der Waals surface area contributed by atoms with Gasteiger partial charge in [0.25, 0.3) is 5.69 Å². The number of hydrogen-bond acceptors (Lipinski definition) is 4. The number of pyridine rings is 1. The molecule has 1 N–H and O–H groups in total. The van der Waals surface area contributed by atoms with Crippen molar-refractivity contribution in [2.45, 2.75) is 32.7 Å². The van der Waals surface area contributed by atoms with Gasteiger partial charge in [-0.1, -0.05) is 19.1 Å². The van der Waals surface area contributed by atoms with Gasteiger partial charge in [0.15, 0.2) is 0 Å². The quantitative estimate of drug-likeness (QED) is 0.670. The lowest BCUT2D eigenvalue weighted by Crippen LogP contribution is -2.29. The minimum Gasteiger partial charge on any atom is -0.380 e. The van der Waals surface area contributed by atoms with E-state index in [1.165, 1.54) is 6.07 Å². The molecule has 0 unspecified atom stereocenters. The highest BCUT2D eigenvalue weighted by Gasteiger charge is 2.18. The van der Waals surface area contributed by atoms with Crippen LogP contribution < -0.4 is 5.32 Å². The molecule has 0 saturated heterocycles. The number of non-ortho nitro benzene ring substituents is 1. The van der Waals surface area contributed by atoms with Gasteiger partial charge in [-0.2, -0.15) is 0 Å². The largest absolute Gasteiger partial charge is 0.380 e. The van der Waals surface area contributed by atoms with Gasteiger partial charge in [0.2, 0.25) is 0 Å². The van der Waals surface area contributed by atoms with Crippen molar-refractivity contribution in [2.24, 2.45) is 0 Å². The summed E-state index contributed by atoms with van der Waals surface area (Å²) in [6.45, 7) is 6.28. The number of hydrogen-bond donors (Lipinski definition) is 1. The molecule has 5 nitrogen and oxygen atoms in total. The summed E-state index contributed by atoms with van der Waals surface area (Å²) in [5.74, 6) is 0. The van der Waals surface area contributed by atoms with Gasteiger partial charge in [0.05, 0.1) is 4.92 Å². The Balaban J connectivity index is 2.58. The Bertz CT molecular complexity index is 623. The van der Waals surface area contributed by atoms with Crippen LogP contribution in [0, 0.1) is 10.1 Å². The van der Waals surface area contributed by atoms with Crippen molar-refractivity contribution < 1.29 is 4.92 Å². The lowest BCUT2D eigenvalue weighted by Gasteiger charge is -2.26. The van der Waals surface area contributed by atoms with Crippen LogP contribution in [-0.4, -0.2) is 15.4 Å². The van der Waals surface area contributed by atoms with Gasteiger partial charge in [-0.25, -0.2) is 4.98 Å². The van der Waals surface area contributed by atoms with Crippen LogP contribution in [0.2, 0.25) is 0 Å². The molecule has 5 heteroatoms. The average Bonchev–Trinajstić information content (AvgIpc) is 2.38. The van der Waals surface area contributed by atoms with Crippen molar-refractivity contribution in [3.05, 3.63) is 40.6 Å². The molecular weight excluding hydrogens is 242 g/mol. The van der Waals surface area contributed by atoms with Crippen molar-refractivity contribution >= 4 is 22.3 Å². The molecule has 0 aliphatic heterocycles. The Morgan fingerprint density at radius 1 is 1.37 bits per heavy atom. The number of nitrogens with zero attached hydrogens (tertiary/aromatic N) is 2. The maximum absolute atomic E-state index is 11.0. The van der Waals surface area contributed by atoms with Crippen molar-refractivity contribution in [2.75, 3.05) is 5.32 Å². The summed E-state index contributed by atoms with van der Waals surface area (Å²) >= 11 is 0. The van der Waals surface area contributed by atoms with Crippen LogP contribution in [0.3, 0.4) is 0 Å². The molecule has 0 amide bonds. The van der Waals surface area contributed by atoms with E-state index in [1.54, 1.807) is 12.3 Å². The average molecular weight is 259 g/mol. The van der Waals surface area contributed by atoms with Gasteiger partial charge >= 0.3 is 0 Å². The van der Waals surface area contributed by atoms with Crippen LogP contribution >= 0.6 is 0 Å². The molecular formula is C14H17N3O2. The zero-order valence-electron chi connectivity index (χ0n) is 11.3. The summed E-state index contributed by atoms with van der Waals surface area (Å²) in [5.41, 5.74) is 1.26. The van der Waals surface area contributed by atoms with Crippen molar-refractivity contribution in [1.29, 1.82) is 0 Å². The summed E-state index contributed by atoms with van der Waals surface area (Å²) in [7, 11) is 0. The predicted octanol–water partition coefficient (Wildman–Crippen LogP) is 3.74. The van der Waals surface area contributed by atoms with Crippen LogP contribution in [0.4, 0.5) is 11.4 Å². The number of aromatic nitrogens is 1.